The molecule has 1 amide bonds. The van der Waals surface area contributed by atoms with Crippen LogP contribution in [0, 0.1) is 0 Å². The summed E-state index contributed by atoms with van der Waals surface area (Å²) < 4.78 is 5.80. The molecule has 1 aliphatic heterocycles. The molecule has 1 unspecified atom stereocenters. The molecule has 1 atom stereocenters. The van der Waals surface area contributed by atoms with Crippen LogP contribution in [0.25, 0.3) is 10.8 Å². The van der Waals surface area contributed by atoms with Crippen LogP contribution >= 0.6 is 0 Å². The maximum Gasteiger partial charge on any atom is 0.260 e. The number of hydrogen-bond donors (Lipinski definition) is 1. The van der Waals surface area contributed by atoms with Crippen molar-refractivity contribution in [3.63, 3.8) is 0 Å². The van der Waals surface area contributed by atoms with Gasteiger partial charge in [0, 0.05) is 24.5 Å². The maximum atomic E-state index is 12.4. The molecule has 2 aromatic rings. The molecule has 2 aromatic carbocycles. The Hall–Kier alpha value is -2.07. The van der Waals surface area contributed by atoms with Gasteiger partial charge in [-0.15, -0.1) is 0 Å². The predicted octanol–water partition coefficient (Wildman–Crippen LogP) is 2.56. The SMILES string of the molecule is NCC1CCCCN1C(=O)COc1cccc2ccccc12. The summed E-state index contributed by atoms with van der Waals surface area (Å²) in [6.45, 7) is 1.39. The van der Waals surface area contributed by atoms with Crippen molar-refractivity contribution in [2.24, 2.45) is 5.73 Å². The zero-order valence-electron chi connectivity index (χ0n) is 12.7. The molecule has 1 fully saturated rings. The third-order valence-corrected chi connectivity index (χ3v) is 4.32. The molecule has 0 bridgehead atoms. The third-order valence-electron chi connectivity index (χ3n) is 4.32. The summed E-state index contributed by atoms with van der Waals surface area (Å²) in [6.07, 6.45) is 3.20. The first-order valence-corrected chi connectivity index (χ1v) is 7.89. The van der Waals surface area contributed by atoms with Crippen molar-refractivity contribution in [3.8, 4) is 5.75 Å². The molecule has 1 heterocycles. The molecule has 0 aromatic heterocycles. The Bertz CT molecular complexity index is 651. The van der Waals surface area contributed by atoms with Gasteiger partial charge in [-0.1, -0.05) is 36.4 Å². The van der Waals surface area contributed by atoms with Crippen molar-refractivity contribution in [3.05, 3.63) is 42.5 Å². The van der Waals surface area contributed by atoms with Gasteiger partial charge in [0.1, 0.15) is 5.75 Å². The lowest BCUT2D eigenvalue weighted by molar-refractivity contribution is -0.136. The van der Waals surface area contributed by atoms with E-state index in [4.69, 9.17) is 10.5 Å². The Kier molecular flexibility index (Phi) is 4.59. The number of piperidine rings is 1. The van der Waals surface area contributed by atoms with E-state index < -0.39 is 0 Å². The van der Waals surface area contributed by atoms with Gasteiger partial charge in [-0.25, -0.2) is 0 Å². The van der Waals surface area contributed by atoms with E-state index in [0.29, 0.717) is 6.54 Å². The van der Waals surface area contributed by atoms with E-state index in [0.717, 1.165) is 42.3 Å². The molecule has 0 spiro atoms. The highest BCUT2D eigenvalue weighted by molar-refractivity contribution is 5.88. The lowest BCUT2D eigenvalue weighted by Gasteiger charge is -2.35. The zero-order chi connectivity index (χ0) is 15.4. The summed E-state index contributed by atoms with van der Waals surface area (Å²) >= 11 is 0. The van der Waals surface area contributed by atoms with E-state index in [2.05, 4.69) is 0 Å². The van der Waals surface area contributed by atoms with Crippen molar-refractivity contribution in [2.45, 2.75) is 25.3 Å². The standard InChI is InChI=1S/C18H22N2O2/c19-12-15-8-3-4-11-20(15)18(21)13-22-17-10-5-7-14-6-1-2-9-16(14)17/h1-2,5-7,9-10,15H,3-4,8,11-13,19H2. The number of carbonyl (C=O) groups is 1. The first-order chi connectivity index (χ1) is 10.8. The van der Waals surface area contributed by atoms with Crippen LogP contribution < -0.4 is 10.5 Å². The van der Waals surface area contributed by atoms with Crippen LogP contribution in [0.1, 0.15) is 19.3 Å². The maximum absolute atomic E-state index is 12.4. The van der Waals surface area contributed by atoms with Crippen LogP contribution in [0.4, 0.5) is 0 Å². The third kappa shape index (κ3) is 3.07. The van der Waals surface area contributed by atoms with Gasteiger partial charge in [0.25, 0.3) is 5.91 Å². The summed E-state index contributed by atoms with van der Waals surface area (Å²) in [7, 11) is 0. The minimum atomic E-state index is 0.0306. The number of amides is 1. The second-order valence-electron chi connectivity index (χ2n) is 5.74. The Morgan fingerprint density at radius 1 is 1.18 bits per heavy atom. The van der Waals surface area contributed by atoms with Crippen LogP contribution in [0.3, 0.4) is 0 Å². The van der Waals surface area contributed by atoms with Crippen molar-refractivity contribution in [2.75, 3.05) is 19.7 Å². The number of rotatable bonds is 4. The molecule has 4 heteroatoms. The van der Waals surface area contributed by atoms with Crippen molar-refractivity contribution in [1.82, 2.24) is 4.90 Å². The fourth-order valence-corrected chi connectivity index (χ4v) is 3.12. The number of carbonyl (C=O) groups excluding carboxylic acids is 1. The number of hydrogen-bond acceptors (Lipinski definition) is 3. The summed E-state index contributed by atoms with van der Waals surface area (Å²) in [5.41, 5.74) is 5.78. The van der Waals surface area contributed by atoms with Gasteiger partial charge in [-0.05, 0) is 30.7 Å². The van der Waals surface area contributed by atoms with Gasteiger partial charge < -0.3 is 15.4 Å². The Morgan fingerprint density at radius 2 is 2.00 bits per heavy atom. The van der Waals surface area contributed by atoms with E-state index >= 15 is 0 Å². The second kappa shape index (κ2) is 6.79. The highest BCUT2D eigenvalue weighted by Crippen LogP contribution is 2.25. The molecule has 2 N–H and O–H groups in total. The predicted molar refractivity (Wildman–Crippen MR) is 87.8 cm³/mol. The lowest BCUT2D eigenvalue weighted by atomic mass is 10.0. The van der Waals surface area contributed by atoms with Crippen molar-refractivity contribution in [1.29, 1.82) is 0 Å². The molecule has 1 saturated heterocycles. The zero-order valence-corrected chi connectivity index (χ0v) is 12.7. The van der Waals surface area contributed by atoms with E-state index in [1.807, 2.05) is 47.4 Å². The number of likely N-dealkylation sites (tertiary alicyclic amines) is 1. The molecule has 22 heavy (non-hydrogen) atoms. The average molecular weight is 298 g/mol. The lowest BCUT2D eigenvalue weighted by Crippen LogP contribution is -2.49. The highest BCUT2D eigenvalue weighted by Gasteiger charge is 2.25. The van der Waals surface area contributed by atoms with Crippen LogP contribution in [0.2, 0.25) is 0 Å². The monoisotopic (exact) mass is 298 g/mol. The number of ether oxygens (including phenoxy) is 1. The fraction of sp³-hybridized carbons (Fsp3) is 0.389. The molecule has 1 aliphatic rings. The summed E-state index contributed by atoms with van der Waals surface area (Å²) in [5.74, 6) is 0.788. The van der Waals surface area contributed by atoms with Gasteiger partial charge in [-0.3, -0.25) is 4.79 Å². The first kappa shape index (κ1) is 14.9. The average Bonchev–Trinajstić information content (AvgIpc) is 2.59. The second-order valence-corrected chi connectivity index (χ2v) is 5.74. The van der Waals surface area contributed by atoms with Gasteiger partial charge >= 0.3 is 0 Å². The van der Waals surface area contributed by atoms with Crippen molar-refractivity contribution < 1.29 is 9.53 Å². The van der Waals surface area contributed by atoms with Crippen LogP contribution in [0.5, 0.6) is 5.75 Å². The Balaban J connectivity index is 1.69. The first-order valence-electron chi connectivity index (χ1n) is 7.89. The topological polar surface area (TPSA) is 55.6 Å². The molecule has 0 radical (unpaired) electrons. The molecular weight excluding hydrogens is 276 g/mol. The number of nitrogens with two attached hydrogens (primary N) is 1. The molecular formula is C18H22N2O2. The Morgan fingerprint density at radius 3 is 2.86 bits per heavy atom. The fourth-order valence-electron chi connectivity index (χ4n) is 3.12. The minimum Gasteiger partial charge on any atom is -0.483 e. The van der Waals surface area contributed by atoms with Gasteiger partial charge in [0.15, 0.2) is 6.61 Å². The number of nitrogens with zero attached hydrogens (tertiary/aromatic N) is 1. The van der Waals surface area contributed by atoms with Crippen LogP contribution in [-0.2, 0) is 4.79 Å². The van der Waals surface area contributed by atoms with E-state index in [1.165, 1.54) is 0 Å². The van der Waals surface area contributed by atoms with Crippen LogP contribution in [-0.4, -0.2) is 36.5 Å². The summed E-state index contributed by atoms with van der Waals surface area (Å²) in [5, 5.41) is 2.15. The summed E-state index contributed by atoms with van der Waals surface area (Å²) in [6, 6.07) is 14.1. The minimum absolute atomic E-state index is 0.0306. The van der Waals surface area contributed by atoms with Gasteiger partial charge in [0.2, 0.25) is 0 Å². The Labute approximate surface area is 130 Å². The number of benzene rings is 2. The normalized spacial score (nSPS) is 18.4. The van der Waals surface area contributed by atoms with Crippen molar-refractivity contribution >= 4 is 16.7 Å². The molecule has 116 valence electrons. The van der Waals surface area contributed by atoms with Crippen LogP contribution in [0.15, 0.2) is 42.5 Å². The number of fused-ring (bicyclic) bond motifs is 1. The molecule has 4 nitrogen and oxygen atoms in total. The van der Waals surface area contributed by atoms with E-state index in [-0.39, 0.29) is 18.6 Å². The summed E-state index contributed by atoms with van der Waals surface area (Å²) in [4.78, 5) is 14.3. The molecule has 0 aliphatic carbocycles. The van der Waals surface area contributed by atoms with E-state index in [1.54, 1.807) is 0 Å². The van der Waals surface area contributed by atoms with Gasteiger partial charge in [0.05, 0.1) is 0 Å². The largest absolute Gasteiger partial charge is 0.483 e. The van der Waals surface area contributed by atoms with Gasteiger partial charge in [-0.2, -0.15) is 0 Å². The molecule has 3 rings (SSSR count). The smallest absolute Gasteiger partial charge is 0.260 e. The molecule has 0 saturated carbocycles. The quantitative estimate of drug-likeness (QED) is 0.944. The highest BCUT2D eigenvalue weighted by atomic mass is 16.5. The van der Waals surface area contributed by atoms with E-state index in [9.17, 15) is 4.79 Å².